The van der Waals surface area contributed by atoms with E-state index in [-0.39, 0.29) is 9.81 Å². The topological polar surface area (TPSA) is 34.1 Å². The van der Waals surface area contributed by atoms with E-state index in [1.54, 1.807) is 31.2 Å². The molecule has 0 unspecified atom stereocenters. The molecule has 0 aliphatic carbocycles. The molecule has 0 saturated heterocycles. The van der Waals surface area contributed by atoms with E-state index in [2.05, 4.69) is 13.2 Å². The van der Waals surface area contributed by atoms with Gasteiger partial charge in [0.05, 0.1) is 9.81 Å². The molecule has 0 aromatic carbocycles. The largest absolute Gasteiger partial charge is 0.219 e. The van der Waals surface area contributed by atoms with E-state index in [0.29, 0.717) is 0 Å². The number of sulfone groups is 1. The lowest BCUT2D eigenvalue weighted by molar-refractivity contribution is 0.609. The first-order valence-electron chi connectivity index (χ1n) is 5.20. The van der Waals surface area contributed by atoms with E-state index in [9.17, 15) is 8.42 Å². The van der Waals surface area contributed by atoms with Crippen LogP contribution in [0.2, 0.25) is 0 Å². The van der Waals surface area contributed by atoms with Crippen molar-refractivity contribution in [2.24, 2.45) is 0 Å². The summed E-state index contributed by atoms with van der Waals surface area (Å²) in [6, 6.07) is 0. The number of allylic oxidation sites excluding steroid dienone is 8. The van der Waals surface area contributed by atoms with E-state index < -0.39 is 9.84 Å². The molecule has 0 aromatic rings. The van der Waals surface area contributed by atoms with Crippen LogP contribution in [0.3, 0.4) is 0 Å². The van der Waals surface area contributed by atoms with Crippen molar-refractivity contribution in [2.45, 2.75) is 13.8 Å². The zero-order chi connectivity index (χ0) is 13.3. The fourth-order valence-electron chi connectivity index (χ4n) is 1.10. The molecule has 0 radical (unpaired) electrons. The summed E-state index contributed by atoms with van der Waals surface area (Å²) in [5.74, 6) is 0. The third kappa shape index (κ3) is 4.41. The van der Waals surface area contributed by atoms with Crippen molar-refractivity contribution >= 4 is 9.84 Å². The third-order valence-corrected chi connectivity index (χ3v) is 3.87. The highest BCUT2D eigenvalue weighted by Crippen LogP contribution is 2.19. The van der Waals surface area contributed by atoms with Crippen molar-refractivity contribution in [3.05, 3.63) is 71.6 Å². The van der Waals surface area contributed by atoms with E-state index in [1.807, 2.05) is 6.92 Å². The van der Waals surface area contributed by atoms with Crippen LogP contribution in [-0.4, -0.2) is 8.42 Å². The molecule has 0 spiro atoms. The van der Waals surface area contributed by atoms with Crippen LogP contribution in [0.1, 0.15) is 13.8 Å². The highest BCUT2D eigenvalue weighted by Gasteiger charge is 2.17. The van der Waals surface area contributed by atoms with Crippen LogP contribution in [0.15, 0.2) is 71.6 Å². The third-order valence-electron chi connectivity index (χ3n) is 1.96. The maximum Gasteiger partial charge on any atom is 0.206 e. The lowest BCUT2D eigenvalue weighted by Gasteiger charge is -2.04. The molecule has 0 fully saturated rings. The molecule has 0 rings (SSSR count). The first kappa shape index (κ1) is 15.4. The van der Waals surface area contributed by atoms with Gasteiger partial charge in [0.25, 0.3) is 0 Å². The lowest BCUT2D eigenvalue weighted by atomic mass is 10.4. The molecule has 0 aromatic heterocycles. The molecule has 3 heteroatoms. The molecule has 0 heterocycles. The summed E-state index contributed by atoms with van der Waals surface area (Å²) in [4.78, 5) is 0.408. The summed E-state index contributed by atoms with van der Waals surface area (Å²) in [5.41, 5.74) is 0. The van der Waals surface area contributed by atoms with Gasteiger partial charge >= 0.3 is 0 Å². The van der Waals surface area contributed by atoms with Gasteiger partial charge in [-0.3, -0.25) is 0 Å². The quantitative estimate of drug-likeness (QED) is 0.674. The Balaban J connectivity index is 5.59. The fraction of sp³-hybridized carbons (Fsp3) is 0.143. The number of hydrogen-bond donors (Lipinski definition) is 0. The minimum atomic E-state index is -3.49. The minimum absolute atomic E-state index is 0.178. The average Bonchev–Trinajstić information content (AvgIpc) is 2.30. The smallest absolute Gasteiger partial charge is 0.206 e. The first-order chi connectivity index (χ1) is 8.04. The van der Waals surface area contributed by atoms with E-state index in [1.165, 1.54) is 24.3 Å². The molecule has 0 aliphatic rings. The normalized spacial score (nSPS) is 14.5. The van der Waals surface area contributed by atoms with Crippen LogP contribution in [0, 0.1) is 0 Å². The van der Waals surface area contributed by atoms with Crippen LogP contribution < -0.4 is 0 Å². The Hall–Kier alpha value is -1.61. The Bertz CT molecular complexity index is 486. The second-order valence-electron chi connectivity index (χ2n) is 3.09. The van der Waals surface area contributed by atoms with E-state index in [0.717, 1.165) is 0 Å². The maximum atomic E-state index is 12.2. The summed E-state index contributed by atoms with van der Waals surface area (Å²) in [6.45, 7) is 10.5. The SMILES string of the molecule is C=C/C=C\C(=C/C)S(=O)(=O)/C(C=C)=C/C=C\C. The van der Waals surface area contributed by atoms with E-state index >= 15 is 0 Å². The van der Waals surface area contributed by atoms with Crippen LogP contribution >= 0.6 is 0 Å². The summed E-state index contributed by atoms with van der Waals surface area (Å²) in [7, 11) is -3.49. The van der Waals surface area contributed by atoms with Crippen LogP contribution in [0.4, 0.5) is 0 Å². The van der Waals surface area contributed by atoms with Crippen molar-refractivity contribution in [1.29, 1.82) is 0 Å². The van der Waals surface area contributed by atoms with Crippen LogP contribution in [0.25, 0.3) is 0 Å². The Morgan fingerprint density at radius 3 is 2.12 bits per heavy atom. The van der Waals surface area contributed by atoms with Crippen molar-refractivity contribution in [2.75, 3.05) is 0 Å². The summed E-state index contributed by atoms with van der Waals surface area (Å²) in [6.07, 6.45) is 12.4. The van der Waals surface area contributed by atoms with Gasteiger partial charge in [0.1, 0.15) is 0 Å². The van der Waals surface area contributed by atoms with Crippen molar-refractivity contribution in [1.82, 2.24) is 0 Å². The van der Waals surface area contributed by atoms with E-state index in [4.69, 9.17) is 0 Å². The van der Waals surface area contributed by atoms with Gasteiger partial charge in [0.15, 0.2) is 0 Å². The molecular formula is C14H18O2S. The Kier molecular flexibility index (Phi) is 6.91. The fourth-order valence-corrected chi connectivity index (χ4v) is 2.42. The van der Waals surface area contributed by atoms with Gasteiger partial charge in [-0.05, 0) is 26.0 Å². The zero-order valence-corrected chi connectivity index (χ0v) is 11.1. The second-order valence-corrected chi connectivity index (χ2v) is 5.04. The maximum absolute atomic E-state index is 12.2. The molecule has 92 valence electrons. The predicted octanol–water partition coefficient (Wildman–Crippen LogP) is 3.69. The Labute approximate surface area is 104 Å². The van der Waals surface area contributed by atoms with Crippen LogP contribution in [-0.2, 0) is 9.84 Å². The average molecular weight is 250 g/mol. The van der Waals surface area contributed by atoms with Gasteiger partial charge in [-0.1, -0.05) is 49.6 Å². The van der Waals surface area contributed by atoms with Crippen LogP contribution in [0.5, 0.6) is 0 Å². The zero-order valence-electron chi connectivity index (χ0n) is 10.3. The first-order valence-corrected chi connectivity index (χ1v) is 6.68. The highest BCUT2D eigenvalue weighted by atomic mass is 32.2. The molecule has 2 nitrogen and oxygen atoms in total. The molecular weight excluding hydrogens is 232 g/mol. The molecule has 0 N–H and O–H groups in total. The summed E-state index contributed by atoms with van der Waals surface area (Å²) < 4.78 is 24.4. The molecule has 0 aliphatic heterocycles. The molecule has 17 heavy (non-hydrogen) atoms. The van der Waals surface area contributed by atoms with Crippen molar-refractivity contribution in [3.8, 4) is 0 Å². The predicted molar refractivity (Wildman–Crippen MR) is 75.1 cm³/mol. The van der Waals surface area contributed by atoms with Gasteiger partial charge in [0.2, 0.25) is 9.84 Å². The second kappa shape index (κ2) is 7.63. The molecule has 0 amide bonds. The summed E-state index contributed by atoms with van der Waals surface area (Å²) in [5, 5.41) is 0. The van der Waals surface area contributed by atoms with Gasteiger partial charge in [-0.15, -0.1) is 0 Å². The number of rotatable bonds is 6. The highest BCUT2D eigenvalue weighted by molar-refractivity contribution is 7.99. The molecule has 0 saturated carbocycles. The number of hydrogen-bond acceptors (Lipinski definition) is 2. The lowest BCUT2D eigenvalue weighted by Crippen LogP contribution is -2.04. The minimum Gasteiger partial charge on any atom is -0.219 e. The monoisotopic (exact) mass is 250 g/mol. The molecule has 0 bridgehead atoms. The van der Waals surface area contributed by atoms with Gasteiger partial charge in [-0.2, -0.15) is 0 Å². The summed E-state index contributed by atoms with van der Waals surface area (Å²) >= 11 is 0. The molecule has 0 atom stereocenters. The van der Waals surface area contributed by atoms with Gasteiger partial charge < -0.3 is 0 Å². The van der Waals surface area contributed by atoms with Crippen molar-refractivity contribution in [3.63, 3.8) is 0 Å². The van der Waals surface area contributed by atoms with Crippen molar-refractivity contribution < 1.29 is 8.42 Å². The Morgan fingerprint density at radius 2 is 1.71 bits per heavy atom. The van der Waals surface area contributed by atoms with Gasteiger partial charge in [0, 0.05) is 0 Å². The van der Waals surface area contributed by atoms with Gasteiger partial charge in [-0.25, -0.2) is 8.42 Å². The standard InChI is InChI=1S/C14H18O2S/c1-5-9-11-13(7-3)17(15,16)14(8-4)12-10-6-2/h5-12H,1,4H2,2-3H3/b10-6-,11-9-,13-7+,14-12+. The Morgan fingerprint density at radius 1 is 1.06 bits per heavy atom.